The van der Waals surface area contributed by atoms with E-state index >= 15 is 0 Å². The first kappa shape index (κ1) is 22.1. The SMILES string of the molecule is CCCCNC(=O)Nc1cc(OCC)c(NC(=O)c2ccccc2)cc1OCC. The summed E-state index contributed by atoms with van der Waals surface area (Å²) in [5.41, 5.74) is 1.48. The second-order valence-electron chi connectivity index (χ2n) is 6.27. The molecule has 0 unspecified atom stereocenters. The minimum absolute atomic E-state index is 0.257. The van der Waals surface area contributed by atoms with Crippen LogP contribution in [0.5, 0.6) is 11.5 Å². The molecule has 0 spiro atoms. The second kappa shape index (κ2) is 11.6. The summed E-state index contributed by atoms with van der Waals surface area (Å²) in [4.78, 5) is 24.7. The quantitative estimate of drug-likeness (QED) is 0.507. The molecular weight excluding hydrogens is 370 g/mol. The van der Waals surface area contributed by atoms with Crippen molar-refractivity contribution in [3.05, 3.63) is 48.0 Å². The van der Waals surface area contributed by atoms with Gasteiger partial charge >= 0.3 is 6.03 Å². The predicted molar refractivity (Wildman–Crippen MR) is 115 cm³/mol. The van der Waals surface area contributed by atoms with Crippen LogP contribution in [-0.2, 0) is 0 Å². The van der Waals surface area contributed by atoms with E-state index in [0.29, 0.717) is 48.2 Å². The molecule has 7 nitrogen and oxygen atoms in total. The Balaban J connectivity index is 2.27. The molecule has 0 fully saturated rings. The van der Waals surface area contributed by atoms with Crippen molar-refractivity contribution in [1.29, 1.82) is 0 Å². The van der Waals surface area contributed by atoms with E-state index in [1.165, 1.54) is 0 Å². The second-order valence-corrected chi connectivity index (χ2v) is 6.27. The van der Waals surface area contributed by atoms with Crippen LogP contribution in [0.4, 0.5) is 16.2 Å². The molecule has 0 saturated carbocycles. The normalized spacial score (nSPS) is 10.2. The molecule has 0 aromatic heterocycles. The van der Waals surface area contributed by atoms with Gasteiger partial charge < -0.3 is 25.4 Å². The van der Waals surface area contributed by atoms with Crippen molar-refractivity contribution in [3.63, 3.8) is 0 Å². The van der Waals surface area contributed by atoms with E-state index in [2.05, 4.69) is 22.9 Å². The number of nitrogens with one attached hydrogen (secondary N) is 3. The molecule has 0 aliphatic heterocycles. The van der Waals surface area contributed by atoms with Gasteiger partial charge in [0.15, 0.2) is 0 Å². The van der Waals surface area contributed by atoms with Gasteiger partial charge in [-0.25, -0.2) is 4.79 Å². The number of urea groups is 1. The van der Waals surface area contributed by atoms with Crippen molar-refractivity contribution in [1.82, 2.24) is 5.32 Å². The zero-order valence-electron chi connectivity index (χ0n) is 17.2. The Hall–Kier alpha value is -3.22. The van der Waals surface area contributed by atoms with E-state index < -0.39 is 0 Å². The van der Waals surface area contributed by atoms with Crippen molar-refractivity contribution in [2.75, 3.05) is 30.4 Å². The number of anilines is 2. The summed E-state index contributed by atoms with van der Waals surface area (Å²) in [5, 5.41) is 8.46. The highest BCUT2D eigenvalue weighted by atomic mass is 16.5. The number of carbonyl (C=O) groups is 2. The van der Waals surface area contributed by atoms with E-state index in [1.807, 2.05) is 19.9 Å². The average molecular weight is 399 g/mol. The molecule has 0 aliphatic rings. The number of benzene rings is 2. The van der Waals surface area contributed by atoms with E-state index in [-0.39, 0.29) is 11.9 Å². The number of hydrogen-bond donors (Lipinski definition) is 3. The maximum Gasteiger partial charge on any atom is 0.319 e. The van der Waals surface area contributed by atoms with E-state index in [0.717, 1.165) is 12.8 Å². The molecule has 3 amide bonds. The molecule has 3 N–H and O–H groups in total. The lowest BCUT2D eigenvalue weighted by Gasteiger charge is -2.18. The number of hydrogen-bond acceptors (Lipinski definition) is 4. The summed E-state index contributed by atoms with van der Waals surface area (Å²) in [5.74, 6) is 0.640. The molecule has 0 radical (unpaired) electrons. The van der Waals surface area contributed by atoms with E-state index in [1.54, 1.807) is 36.4 Å². The highest BCUT2D eigenvalue weighted by Crippen LogP contribution is 2.37. The standard InChI is InChI=1S/C22H29N3O4/c1-4-7-13-23-22(27)25-18-15-19(28-5-2)17(14-20(18)29-6-3)24-21(26)16-11-9-8-10-12-16/h8-12,14-15H,4-7,13H2,1-3H3,(H,24,26)(H2,23,25,27). The molecule has 2 aromatic rings. The zero-order valence-corrected chi connectivity index (χ0v) is 17.2. The number of unbranched alkanes of at least 4 members (excludes halogenated alkanes) is 1. The largest absolute Gasteiger partial charge is 0.492 e. The van der Waals surface area contributed by atoms with Crippen LogP contribution < -0.4 is 25.4 Å². The van der Waals surface area contributed by atoms with Crippen molar-refractivity contribution in [2.24, 2.45) is 0 Å². The van der Waals surface area contributed by atoms with Crippen LogP contribution in [-0.4, -0.2) is 31.7 Å². The molecule has 0 atom stereocenters. The zero-order chi connectivity index (χ0) is 21.1. The maximum absolute atomic E-state index is 12.6. The highest BCUT2D eigenvalue weighted by Gasteiger charge is 2.16. The number of rotatable bonds is 10. The summed E-state index contributed by atoms with van der Waals surface area (Å²) in [6, 6.07) is 11.9. The lowest BCUT2D eigenvalue weighted by Crippen LogP contribution is -2.29. The van der Waals surface area contributed by atoms with Gasteiger partial charge in [-0.05, 0) is 32.4 Å². The average Bonchev–Trinajstić information content (AvgIpc) is 2.72. The molecule has 7 heteroatoms. The Morgan fingerprint density at radius 3 is 2.00 bits per heavy atom. The predicted octanol–water partition coefficient (Wildman–Crippen LogP) is 4.66. The van der Waals surface area contributed by atoms with Crippen LogP contribution >= 0.6 is 0 Å². The summed E-state index contributed by atoms with van der Waals surface area (Å²) >= 11 is 0. The molecule has 0 aliphatic carbocycles. The van der Waals surface area contributed by atoms with Gasteiger partial charge in [0, 0.05) is 24.2 Å². The van der Waals surface area contributed by atoms with Gasteiger partial charge in [-0.2, -0.15) is 0 Å². The lowest BCUT2D eigenvalue weighted by atomic mass is 10.2. The van der Waals surface area contributed by atoms with Crippen LogP contribution in [0.1, 0.15) is 44.0 Å². The fraction of sp³-hybridized carbons (Fsp3) is 0.364. The Bertz CT molecular complexity index is 809. The highest BCUT2D eigenvalue weighted by molar-refractivity contribution is 6.05. The van der Waals surface area contributed by atoms with Crippen molar-refractivity contribution in [2.45, 2.75) is 33.6 Å². The summed E-state index contributed by atoms with van der Waals surface area (Å²) < 4.78 is 11.4. The van der Waals surface area contributed by atoms with Gasteiger partial charge in [0.2, 0.25) is 0 Å². The van der Waals surface area contributed by atoms with Crippen molar-refractivity contribution >= 4 is 23.3 Å². The fourth-order valence-electron chi connectivity index (χ4n) is 2.63. The van der Waals surface area contributed by atoms with Crippen LogP contribution in [0, 0.1) is 0 Å². The summed E-state index contributed by atoms with van der Waals surface area (Å²) in [6.07, 6.45) is 1.90. The Kier molecular flexibility index (Phi) is 8.82. The number of ether oxygens (including phenoxy) is 2. The lowest BCUT2D eigenvalue weighted by molar-refractivity contribution is 0.102. The summed E-state index contributed by atoms with van der Waals surface area (Å²) in [7, 11) is 0. The third-order valence-corrected chi connectivity index (χ3v) is 4.03. The van der Waals surface area contributed by atoms with Crippen LogP contribution in [0.3, 0.4) is 0 Å². The van der Waals surface area contributed by atoms with Gasteiger partial charge in [-0.3, -0.25) is 4.79 Å². The van der Waals surface area contributed by atoms with Gasteiger partial charge in [0.05, 0.1) is 24.6 Å². The molecule has 2 rings (SSSR count). The molecule has 0 heterocycles. The molecule has 2 aromatic carbocycles. The first-order valence-corrected chi connectivity index (χ1v) is 9.93. The monoisotopic (exact) mass is 399 g/mol. The Morgan fingerprint density at radius 2 is 1.45 bits per heavy atom. The first-order valence-electron chi connectivity index (χ1n) is 9.93. The number of amides is 3. The molecule has 156 valence electrons. The van der Waals surface area contributed by atoms with Crippen LogP contribution in [0.2, 0.25) is 0 Å². The van der Waals surface area contributed by atoms with Crippen molar-refractivity contribution in [3.8, 4) is 11.5 Å². The minimum atomic E-state index is -0.317. The topological polar surface area (TPSA) is 88.7 Å². The Morgan fingerprint density at radius 1 is 0.862 bits per heavy atom. The molecule has 0 bridgehead atoms. The Labute approximate surface area is 171 Å². The van der Waals surface area contributed by atoms with Gasteiger partial charge in [0.1, 0.15) is 11.5 Å². The third-order valence-electron chi connectivity index (χ3n) is 4.03. The first-order chi connectivity index (χ1) is 14.1. The van der Waals surface area contributed by atoms with Gasteiger partial charge in [0.25, 0.3) is 5.91 Å². The van der Waals surface area contributed by atoms with Crippen LogP contribution in [0.25, 0.3) is 0 Å². The smallest absolute Gasteiger partial charge is 0.319 e. The van der Waals surface area contributed by atoms with E-state index in [4.69, 9.17) is 9.47 Å². The maximum atomic E-state index is 12.6. The number of carbonyl (C=O) groups excluding carboxylic acids is 2. The van der Waals surface area contributed by atoms with E-state index in [9.17, 15) is 9.59 Å². The molecule has 0 saturated heterocycles. The summed E-state index contributed by atoms with van der Waals surface area (Å²) in [6.45, 7) is 7.17. The van der Waals surface area contributed by atoms with Gasteiger partial charge in [-0.1, -0.05) is 31.5 Å². The fourth-order valence-corrected chi connectivity index (χ4v) is 2.63. The third kappa shape index (κ3) is 6.71. The molecule has 29 heavy (non-hydrogen) atoms. The van der Waals surface area contributed by atoms with Crippen LogP contribution in [0.15, 0.2) is 42.5 Å². The van der Waals surface area contributed by atoms with Crippen molar-refractivity contribution < 1.29 is 19.1 Å². The minimum Gasteiger partial charge on any atom is -0.492 e. The molecular formula is C22H29N3O4. The van der Waals surface area contributed by atoms with Gasteiger partial charge in [-0.15, -0.1) is 0 Å².